The number of benzene rings is 1. The Morgan fingerprint density at radius 3 is 2.52 bits per heavy atom. The molecule has 0 aliphatic heterocycles. The smallest absolute Gasteiger partial charge is 0.252 e. The lowest BCUT2D eigenvalue weighted by Gasteiger charge is -2.27. The summed E-state index contributed by atoms with van der Waals surface area (Å²) in [5, 5.41) is 4.06. The van der Waals surface area contributed by atoms with Gasteiger partial charge in [0.1, 0.15) is 0 Å². The van der Waals surface area contributed by atoms with E-state index in [1.165, 1.54) is 0 Å². The number of amides is 1. The Bertz CT molecular complexity index is 670. The van der Waals surface area contributed by atoms with Crippen molar-refractivity contribution in [3.05, 3.63) is 41.6 Å². The van der Waals surface area contributed by atoms with Crippen molar-refractivity contribution in [2.45, 2.75) is 44.7 Å². The van der Waals surface area contributed by atoms with Crippen LogP contribution in [0.15, 0.2) is 30.3 Å². The lowest BCUT2D eigenvalue weighted by atomic mass is 9.91. The molecule has 1 aliphatic carbocycles. The Labute approximate surface area is 149 Å². The van der Waals surface area contributed by atoms with Gasteiger partial charge in [0, 0.05) is 23.2 Å². The second kappa shape index (κ2) is 8.48. The second-order valence-electron chi connectivity index (χ2n) is 5.91. The van der Waals surface area contributed by atoms with E-state index in [2.05, 4.69) is 10.3 Å². The lowest BCUT2D eigenvalue weighted by molar-refractivity contribution is 0.0927. The molecular weight excluding hydrogens is 333 g/mol. The van der Waals surface area contributed by atoms with Crippen LogP contribution in [0.25, 0.3) is 10.9 Å². The molecule has 3 N–H and O–H groups in total. The van der Waals surface area contributed by atoms with Crippen molar-refractivity contribution in [2.24, 2.45) is 5.73 Å². The summed E-state index contributed by atoms with van der Waals surface area (Å²) >= 11 is 0. The van der Waals surface area contributed by atoms with E-state index < -0.39 is 0 Å². The Balaban J connectivity index is 0.00000132. The summed E-state index contributed by atoms with van der Waals surface area (Å²) in [6, 6.07) is 10.2. The normalized spacial score (nSPS) is 20.3. The van der Waals surface area contributed by atoms with E-state index in [9.17, 15) is 4.79 Å². The molecule has 0 saturated heterocycles. The Hall–Kier alpha value is -1.36. The number of nitrogens with one attached hydrogen (secondary N) is 1. The maximum Gasteiger partial charge on any atom is 0.252 e. The van der Waals surface area contributed by atoms with Crippen LogP contribution in [0.1, 0.15) is 41.7 Å². The molecule has 126 valence electrons. The van der Waals surface area contributed by atoms with E-state index in [4.69, 9.17) is 5.73 Å². The topological polar surface area (TPSA) is 68.0 Å². The van der Waals surface area contributed by atoms with Crippen LogP contribution in [0, 0.1) is 6.92 Å². The van der Waals surface area contributed by atoms with Crippen molar-refractivity contribution in [1.82, 2.24) is 10.3 Å². The number of para-hydroxylation sites is 1. The highest BCUT2D eigenvalue weighted by atomic mass is 35.5. The largest absolute Gasteiger partial charge is 0.349 e. The van der Waals surface area contributed by atoms with Gasteiger partial charge in [-0.05, 0) is 44.7 Å². The van der Waals surface area contributed by atoms with Gasteiger partial charge >= 0.3 is 0 Å². The highest BCUT2D eigenvalue weighted by molar-refractivity contribution is 6.06. The SMILES string of the molecule is Cc1cc(C(=O)NC2CCC(N)CC2)c2ccccc2n1.Cl.Cl. The van der Waals surface area contributed by atoms with E-state index >= 15 is 0 Å². The van der Waals surface area contributed by atoms with Crippen LogP contribution >= 0.6 is 24.8 Å². The van der Waals surface area contributed by atoms with E-state index in [0.29, 0.717) is 11.6 Å². The van der Waals surface area contributed by atoms with Gasteiger partial charge in [0.2, 0.25) is 0 Å². The van der Waals surface area contributed by atoms with Crippen LogP contribution in [0.5, 0.6) is 0 Å². The van der Waals surface area contributed by atoms with Gasteiger partial charge in [-0.2, -0.15) is 0 Å². The van der Waals surface area contributed by atoms with Crippen molar-refractivity contribution in [3.63, 3.8) is 0 Å². The van der Waals surface area contributed by atoms with Crippen LogP contribution in [0.3, 0.4) is 0 Å². The quantitative estimate of drug-likeness (QED) is 0.867. The highest BCUT2D eigenvalue weighted by Gasteiger charge is 2.21. The summed E-state index contributed by atoms with van der Waals surface area (Å²) in [4.78, 5) is 17.1. The number of carbonyl (C=O) groups excluding carboxylic acids is 1. The third kappa shape index (κ3) is 4.56. The second-order valence-corrected chi connectivity index (χ2v) is 5.91. The zero-order valence-corrected chi connectivity index (χ0v) is 14.8. The number of hydrogen-bond acceptors (Lipinski definition) is 3. The third-order valence-corrected chi connectivity index (χ3v) is 4.20. The fourth-order valence-electron chi connectivity index (χ4n) is 3.02. The van der Waals surface area contributed by atoms with E-state index in [1.807, 2.05) is 37.3 Å². The average molecular weight is 356 g/mol. The van der Waals surface area contributed by atoms with Gasteiger partial charge < -0.3 is 11.1 Å². The zero-order valence-electron chi connectivity index (χ0n) is 13.1. The maximum absolute atomic E-state index is 12.6. The third-order valence-electron chi connectivity index (χ3n) is 4.20. The van der Waals surface area contributed by atoms with Crippen molar-refractivity contribution in [2.75, 3.05) is 0 Å². The van der Waals surface area contributed by atoms with Crippen LogP contribution in [0.4, 0.5) is 0 Å². The van der Waals surface area contributed by atoms with Crippen molar-refractivity contribution in [1.29, 1.82) is 0 Å². The molecule has 4 nitrogen and oxygen atoms in total. The first-order chi connectivity index (χ1) is 10.1. The van der Waals surface area contributed by atoms with Crippen LogP contribution in [-0.2, 0) is 0 Å². The van der Waals surface area contributed by atoms with Crippen molar-refractivity contribution < 1.29 is 4.79 Å². The predicted molar refractivity (Wildman–Crippen MR) is 98.7 cm³/mol. The number of aromatic nitrogens is 1. The van der Waals surface area contributed by atoms with Gasteiger partial charge in [-0.15, -0.1) is 24.8 Å². The summed E-state index contributed by atoms with van der Waals surface area (Å²) in [5.74, 6) is -0.00262. The molecule has 1 saturated carbocycles. The number of aryl methyl sites for hydroxylation is 1. The number of halogens is 2. The number of hydrogen-bond donors (Lipinski definition) is 2. The first kappa shape index (κ1) is 19.7. The van der Waals surface area contributed by atoms with Gasteiger partial charge in [0.15, 0.2) is 0 Å². The molecule has 0 atom stereocenters. The molecule has 1 aromatic heterocycles. The van der Waals surface area contributed by atoms with Crippen molar-refractivity contribution >= 4 is 41.6 Å². The standard InChI is InChI=1S/C17H21N3O.2ClH/c1-11-10-15(14-4-2-3-5-16(14)19-11)17(21)20-13-8-6-12(18)7-9-13;;/h2-5,10,12-13H,6-9,18H2,1H3,(H,20,21);2*1H. The number of nitrogens with zero attached hydrogens (tertiary/aromatic N) is 1. The zero-order chi connectivity index (χ0) is 14.8. The summed E-state index contributed by atoms with van der Waals surface area (Å²) in [6.07, 6.45) is 3.91. The molecule has 0 spiro atoms. The molecule has 2 aromatic rings. The minimum Gasteiger partial charge on any atom is -0.349 e. The van der Waals surface area contributed by atoms with Crippen LogP contribution < -0.4 is 11.1 Å². The van der Waals surface area contributed by atoms with E-state index in [1.54, 1.807) is 0 Å². The van der Waals surface area contributed by atoms with Crippen LogP contribution in [-0.4, -0.2) is 23.0 Å². The predicted octanol–water partition coefficient (Wildman–Crippen LogP) is 3.39. The molecule has 23 heavy (non-hydrogen) atoms. The van der Waals surface area contributed by atoms with E-state index in [-0.39, 0.29) is 36.8 Å². The minimum atomic E-state index is -0.00262. The van der Waals surface area contributed by atoms with Crippen LogP contribution in [0.2, 0.25) is 0 Å². The molecule has 0 bridgehead atoms. The fourth-order valence-corrected chi connectivity index (χ4v) is 3.02. The number of pyridine rings is 1. The number of nitrogens with two attached hydrogens (primary N) is 1. The Morgan fingerprint density at radius 2 is 1.83 bits per heavy atom. The lowest BCUT2D eigenvalue weighted by Crippen LogP contribution is -2.40. The Morgan fingerprint density at radius 1 is 1.17 bits per heavy atom. The van der Waals surface area contributed by atoms with Gasteiger partial charge in [-0.3, -0.25) is 9.78 Å². The van der Waals surface area contributed by atoms with Crippen molar-refractivity contribution in [3.8, 4) is 0 Å². The van der Waals surface area contributed by atoms with Gasteiger partial charge in [0.25, 0.3) is 5.91 Å². The first-order valence-electron chi connectivity index (χ1n) is 7.56. The summed E-state index contributed by atoms with van der Waals surface area (Å²) in [5.41, 5.74) is 8.36. The van der Waals surface area contributed by atoms with Gasteiger partial charge in [0.05, 0.1) is 11.1 Å². The summed E-state index contributed by atoms with van der Waals surface area (Å²) in [6.45, 7) is 1.92. The van der Waals surface area contributed by atoms with Gasteiger partial charge in [-0.25, -0.2) is 0 Å². The molecule has 1 heterocycles. The minimum absolute atomic E-state index is 0. The Kier molecular flexibility index (Phi) is 7.26. The molecule has 6 heteroatoms. The monoisotopic (exact) mass is 355 g/mol. The fraction of sp³-hybridized carbons (Fsp3) is 0.412. The number of rotatable bonds is 2. The molecule has 0 radical (unpaired) electrons. The molecule has 1 aromatic carbocycles. The number of carbonyl (C=O) groups is 1. The average Bonchev–Trinajstić information content (AvgIpc) is 2.48. The maximum atomic E-state index is 12.6. The summed E-state index contributed by atoms with van der Waals surface area (Å²) < 4.78 is 0. The van der Waals surface area contributed by atoms with E-state index in [0.717, 1.165) is 42.3 Å². The molecular formula is C17H23Cl2N3O. The highest BCUT2D eigenvalue weighted by Crippen LogP contribution is 2.21. The molecule has 1 aliphatic rings. The summed E-state index contributed by atoms with van der Waals surface area (Å²) in [7, 11) is 0. The first-order valence-corrected chi connectivity index (χ1v) is 7.56. The molecule has 3 rings (SSSR count). The van der Waals surface area contributed by atoms with Gasteiger partial charge in [-0.1, -0.05) is 18.2 Å². The molecule has 0 unspecified atom stereocenters. The molecule has 1 fully saturated rings. The number of fused-ring (bicyclic) bond motifs is 1. The molecule has 1 amide bonds.